The molecule has 14 nitrogen and oxygen atoms in total. The van der Waals surface area contributed by atoms with Crippen molar-refractivity contribution in [2.75, 3.05) is 11.1 Å². The van der Waals surface area contributed by atoms with E-state index in [1.54, 1.807) is 24.3 Å². The average Bonchev–Trinajstić information content (AvgIpc) is 3.05. The van der Waals surface area contributed by atoms with Crippen LogP contribution >= 0.6 is 0 Å². The van der Waals surface area contributed by atoms with Crippen molar-refractivity contribution < 1.29 is 24.2 Å². The first-order chi connectivity index (χ1) is 22.2. The number of nitrogens with one attached hydrogen (secondary N) is 3. The molecule has 0 unspecified atom stereocenters. The van der Waals surface area contributed by atoms with Gasteiger partial charge in [-0.15, -0.1) is 0 Å². The van der Waals surface area contributed by atoms with E-state index in [0.29, 0.717) is 28.0 Å². The number of carbonyl (C=O) groups is 3. The molecule has 1 amide bonds. The third-order valence-corrected chi connectivity index (χ3v) is 7.09. The Balaban J connectivity index is 1.04. The van der Waals surface area contributed by atoms with E-state index in [0.717, 1.165) is 10.9 Å². The molecule has 0 bridgehead atoms. The maximum atomic E-state index is 12.8. The highest BCUT2D eigenvalue weighted by Crippen LogP contribution is 2.28. The number of rotatable bonds is 10. The molecule has 0 saturated carbocycles. The van der Waals surface area contributed by atoms with E-state index in [1.807, 2.05) is 36.4 Å². The van der Waals surface area contributed by atoms with Gasteiger partial charge in [0.15, 0.2) is 11.2 Å². The van der Waals surface area contributed by atoms with Crippen LogP contribution < -0.4 is 26.7 Å². The van der Waals surface area contributed by atoms with E-state index >= 15 is 0 Å². The number of H-pyrrole nitrogens is 1. The topological polar surface area (TPSA) is 215 Å². The van der Waals surface area contributed by atoms with Crippen LogP contribution in [0.5, 0.6) is 5.75 Å². The second-order valence-electron chi connectivity index (χ2n) is 10.3. The molecule has 3 aromatic carbocycles. The van der Waals surface area contributed by atoms with Crippen LogP contribution in [0.25, 0.3) is 33.0 Å². The van der Waals surface area contributed by atoms with Gasteiger partial charge < -0.3 is 26.2 Å². The number of aromatic nitrogens is 5. The monoisotopic (exact) mass is 618 g/mol. The normalized spacial score (nSPS) is 11.7. The van der Waals surface area contributed by atoms with Crippen LogP contribution in [0.4, 0.5) is 11.6 Å². The molecule has 3 aromatic heterocycles. The van der Waals surface area contributed by atoms with Crippen LogP contribution in [0.1, 0.15) is 28.9 Å². The number of esters is 1. The number of amides is 1. The van der Waals surface area contributed by atoms with Crippen LogP contribution in [0.15, 0.2) is 83.8 Å². The zero-order valence-corrected chi connectivity index (χ0v) is 24.1. The molecule has 230 valence electrons. The van der Waals surface area contributed by atoms with Crippen molar-refractivity contribution in [3.8, 4) is 5.75 Å². The fourth-order valence-electron chi connectivity index (χ4n) is 4.78. The summed E-state index contributed by atoms with van der Waals surface area (Å²) in [5.74, 6) is -2.28. The van der Waals surface area contributed by atoms with E-state index in [1.165, 1.54) is 18.3 Å². The highest BCUT2D eigenvalue weighted by atomic mass is 16.5. The lowest BCUT2D eigenvalue weighted by molar-refractivity contribution is -0.140. The highest BCUT2D eigenvalue weighted by Gasteiger charge is 2.23. The minimum absolute atomic E-state index is 0.0529. The van der Waals surface area contributed by atoms with Crippen molar-refractivity contribution in [2.45, 2.75) is 25.4 Å². The lowest BCUT2D eigenvalue weighted by Gasteiger charge is -2.15. The zero-order valence-electron chi connectivity index (χ0n) is 24.1. The molecule has 0 saturated heterocycles. The maximum absolute atomic E-state index is 12.8. The highest BCUT2D eigenvalue weighted by molar-refractivity contribution is 5.98. The largest absolute Gasteiger partial charge is 0.480 e. The van der Waals surface area contributed by atoms with E-state index < -0.39 is 29.4 Å². The summed E-state index contributed by atoms with van der Waals surface area (Å²) in [5, 5.41) is 16.8. The third kappa shape index (κ3) is 6.55. The first-order valence-corrected chi connectivity index (χ1v) is 14.1. The molecule has 3 heterocycles. The quantitative estimate of drug-likeness (QED) is 0.0850. The first-order valence-electron chi connectivity index (χ1n) is 14.1. The Labute approximate surface area is 259 Å². The third-order valence-electron chi connectivity index (χ3n) is 7.09. The van der Waals surface area contributed by atoms with E-state index in [-0.39, 0.29) is 42.1 Å². The first kappa shape index (κ1) is 29.6. The summed E-state index contributed by atoms with van der Waals surface area (Å²) in [6.07, 6.45) is 1.04. The minimum atomic E-state index is -1.32. The molecule has 6 rings (SSSR count). The van der Waals surface area contributed by atoms with Crippen molar-refractivity contribution in [2.24, 2.45) is 0 Å². The zero-order chi connectivity index (χ0) is 32.2. The number of anilines is 2. The van der Waals surface area contributed by atoms with Crippen molar-refractivity contribution in [3.63, 3.8) is 0 Å². The molecule has 0 radical (unpaired) electrons. The summed E-state index contributed by atoms with van der Waals surface area (Å²) in [6.45, 7) is 0.224. The smallest absolute Gasteiger partial charge is 0.326 e. The Morgan fingerprint density at radius 3 is 2.54 bits per heavy atom. The Morgan fingerprint density at radius 2 is 1.74 bits per heavy atom. The number of carbonyl (C=O) groups excluding carboxylic acids is 2. The second-order valence-corrected chi connectivity index (χ2v) is 10.3. The van der Waals surface area contributed by atoms with Crippen LogP contribution in [0.2, 0.25) is 0 Å². The van der Waals surface area contributed by atoms with Crippen molar-refractivity contribution in [1.29, 1.82) is 0 Å². The molecule has 6 N–H and O–H groups in total. The number of benzene rings is 3. The SMILES string of the molecule is Nc1nc2ncc(CNc3ccc(C(=O)N[C@@H](CCC(=O)Oc4cccc5nc6ccccc6cc45)C(=O)O)cc3)nc2c(=O)[nH]1. The Morgan fingerprint density at radius 1 is 0.957 bits per heavy atom. The molecular formula is C32H26N8O6. The number of aliphatic carboxylic acids is 1. The molecule has 0 fully saturated rings. The lowest BCUT2D eigenvalue weighted by Crippen LogP contribution is -2.41. The van der Waals surface area contributed by atoms with Crippen LogP contribution in [0.3, 0.4) is 0 Å². The number of nitrogens with two attached hydrogens (primary N) is 1. The van der Waals surface area contributed by atoms with Gasteiger partial charge in [-0.25, -0.2) is 19.7 Å². The maximum Gasteiger partial charge on any atom is 0.326 e. The summed E-state index contributed by atoms with van der Waals surface area (Å²) < 4.78 is 5.57. The molecule has 1 atom stereocenters. The molecule has 0 aliphatic heterocycles. The van der Waals surface area contributed by atoms with Gasteiger partial charge in [-0.2, -0.15) is 4.98 Å². The molecule has 0 spiro atoms. The average molecular weight is 619 g/mol. The number of carboxylic acids is 1. The number of pyridine rings is 1. The number of nitrogens with zero attached hydrogens (tertiary/aromatic N) is 4. The number of hydrogen-bond acceptors (Lipinski definition) is 11. The number of nitrogen functional groups attached to an aromatic ring is 1. The lowest BCUT2D eigenvalue weighted by atomic mass is 10.1. The Bertz CT molecular complexity index is 2180. The molecule has 0 aliphatic carbocycles. The van der Waals surface area contributed by atoms with E-state index in [4.69, 9.17) is 10.5 Å². The van der Waals surface area contributed by atoms with Gasteiger partial charge in [-0.3, -0.25) is 19.4 Å². The number of aromatic amines is 1. The number of para-hydroxylation sites is 1. The van der Waals surface area contributed by atoms with Gasteiger partial charge in [0, 0.05) is 28.4 Å². The van der Waals surface area contributed by atoms with Crippen molar-refractivity contribution in [1.82, 2.24) is 30.2 Å². The van der Waals surface area contributed by atoms with Gasteiger partial charge in [0.1, 0.15) is 11.8 Å². The summed E-state index contributed by atoms with van der Waals surface area (Å²) in [6, 6.07) is 19.6. The van der Waals surface area contributed by atoms with Gasteiger partial charge in [-0.1, -0.05) is 24.3 Å². The summed E-state index contributed by atoms with van der Waals surface area (Å²) in [7, 11) is 0. The number of ether oxygens (including phenoxy) is 1. The molecule has 14 heteroatoms. The summed E-state index contributed by atoms with van der Waals surface area (Å²) >= 11 is 0. The van der Waals surface area contributed by atoms with Gasteiger partial charge in [0.2, 0.25) is 5.95 Å². The fourth-order valence-corrected chi connectivity index (χ4v) is 4.78. The van der Waals surface area contributed by atoms with Crippen molar-refractivity contribution >= 4 is 62.5 Å². The predicted octanol–water partition coefficient (Wildman–Crippen LogP) is 3.18. The number of fused-ring (bicyclic) bond motifs is 3. The molecule has 46 heavy (non-hydrogen) atoms. The Hall–Kier alpha value is -6.44. The van der Waals surface area contributed by atoms with Crippen molar-refractivity contribution in [3.05, 3.63) is 101 Å². The van der Waals surface area contributed by atoms with Crippen LogP contribution in [-0.2, 0) is 16.1 Å². The van der Waals surface area contributed by atoms with E-state index in [9.17, 15) is 24.3 Å². The van der Waals surface area contributed by atoms with Gasteiger partial charge in [-0.05, 0) is 55.0 Å². The number of hydrogen-bond donors (Lipinski definition) is 5. The molecule has 6 aromatic rings. The minimum Gasteiger partial charge on any atom is -0.480 e. The Kier molecular flexibility index (Phi) is 8.15. The number of carboxylic acid groups (broad SMARTS) is 1. The summed E-state index contributed by atoms with van der Waals surface area (Å²) in [4.78, 5) is 68.8. The van der Waals surface area contributed by atoms with Gasteiger partial charge in [0.25, 0.3) is 11.5 Å². The van der Waals surface area contributed by atoms with Gasteiger partial charge >= 0.3 is 11.9 Å². The molecular weight excluding hydrogens is 592 g/mol. The fraction of sp³-hybridized carbons (Fsp3) is 0.125. The molecule has 0 aliphatic rings. The second kappa shape index (κ2) is 12.7. The standard InChI is InChI=1S/C32H26N8O6/c33-32-39-28-27(30(43)40-32)36-20(16-35-28)15-34-19-10-8-17(9-11-19)29(42)38-24(31(44)45)12-13-26(41)46-25-7-3-6-23-21(25)14-18-4-1-2-5-22(18)37-23/h1-11,14,16,24,34H,12-13,15H2,(H,38,42)(H,44,45)(H3,33,35,39,40,43)/t24-/m0/s1. The van der Waals surface area contributed by atoms with Crippen LogP contribution in [-0.4, -0.2) is 53.9 Å². The summed E-state index contributed by atoms with van der Waals surface area (Å²) in [5.41, 5.74) is 8.01. The predicted molar refractivity (Wildman–Crippen MR) is 169 cm³/mol. The van der Waals surface area contributed by atoms with Gasteiger partial charge in [0.05, 0.1) is 29.5 Å². The van der Waals surface area contributed by atoms with Crippen LogP contribution in [0, 0.1) is 0 Å². The van der Waals surface area contributed by atoms with E-state index in [2.05, 4.69) is 35.6 Å².